The van der Waals surface area contributed by atoms with Crippen LogP contribution in [0, 0.1) is 5.82 Å². The van der Waals surface area contributed by atoms with E-state index in [-0.39, 0.29) is 11.9 Å². The molecule has 0 saturated carbocycles. The Bertz CT molecular complexity index is 596. The van der Waals surface area contributed by atoms with E-state index in [2.05, 4.69) is 10.5 Å². The largest absolute Gasteiger partial charge is 0.468 e. The number of oxime groups is 1. The first-order valence-corrected chi connectivity index (χ1v) is 6.15. The molecule has 1 aromatic heterocycles. The maximum atomic E-state index is 13.2. The average Bonchev–Trinajstić information content (AvgIpc) is 2.99. The van der Waals surface area contributed by atoms with Crippen LogP contribution in [0.1, 0.15) is 29.9 Å². The Morgan fingerprint density at radius 3 is 2.95 bits per heavy atom. The summed E-state index contributed by atoms with van der Waals surface area (Å²) < 4.78 is 18.5. The molecule has 20 heavy (non-hydrogen) atoms. The first-order valence-electron chi connectivity index (χ1n) is 6.15. The van der Waals surface area contributed by atoms with E-state index < -0.39 is 5.82 Å². The second-order valence-electron chi connectivity index (χ2n) is 4.40. The van der Waals surface area contributed by atoms with Gasteiger partial charge in [0, 0.05) is 12.1 Å². The zero-order chi connectivity index (χ0) is 14.5. The van der Waals surface area contributed by atoms with Crippen LogP contribution in [0.5, 0.6) is 0 Å². The lowest BCUT2D eigenvalue weighted by atomic mass is 10.1. The third kappa shape index (κ3) is 3.16. The van der Waals surface area contributed by atoms with E-state index in [1.807, 2.05) is 19.1 Å². The SMILES string of the molecule is CC(NCc1ccc(F)cc1C(N)=NO)c1ccco1. The van der Waals surface area contributed by atoms with Gasteiger partial charge in [-0.15, -0.1) is 0 Å². The summed E-state index contributed by atoms with van der Waals surface area (Å²) >= 11 is 0. The lowest BCUT2D eigenvalue weighted by Crippen LogP contribution is -2.22. The van der Waals surface area contributed by atoms with Crippen LogP contribution >= 0.6 is 0 Å². The molecule has 106 valence electrons. The van der Waals surface area contributed by atoms with E-state index in [0.717, 1.165) is 11.3 Å². The van der Waals surface area contributed by atoms with Crippen LogP contribution in [-0.4, -0.2) is 11.0 Å². The van der Waals surface area contributed by atoms with E-state index in [4.69, 9.17) is 15.4 Å². The van der Waals surface area contributed by atoms with Crippen molar-refractivity contribution in [1.82, 2.24) is 5.32 Å². The van der Waals surface area contributed by atoms with Crippen molar-refractivity contribution in [2.45, 2.75) is 19.5 Å². The number of hydrogen-bond donors (Lipinski definition) is 3. The van der Waals surface area contributed by atoms with Gasteiger partial charge >= 0.3 is 0 Å². The number of benzene rings is 1. The van der Waals surface area contributed by atoms with Crippen molar-refractivity contribution < 1.29 is 14.0 Å². The monoisotopic (exact) mass is 277 g/mol. The second-order valence-corrected chi connectivity index (χ2v) is 4.40. The molecule has 2 aromatic rings. The number of nitrogens with two attached hydrogens (primary N) is 1. The van der Waals surface area contributed by atoms with Crippen LogP contribution in [0.25, 0.3) is 0 Å². The molecule has 1 heterocycles. The maximum absolute atomic E-state index is 13.2. The molecule has 0 radical (unpaired) electrons. The molecule has 0 amide bonds. The molecule has 0 aliphatic heterocycles. The van der Waals surface area contributed by atoms with Crippen molar-refractivity contribution in [3.05, 3.63) is 59.3 Å². The normalized spacial score (nSPS) is 13.4. The average molecular weight is 277 g/mol. The van der Waals surface area contributed by atoms with Crippen LogP contribution < -0.4 is 11.1 Å². The molecular formula is C14H16FN3O2. The summed E-state index contributed by atoms with van der Waals surface area (Å²) in [7, 11) is 0. The van der Waals surface area contributed by atoms with E-state index in [9.17, 15) is 4.39 Å². The summed E-state index contributed by atoms with van der Waals surface area (Å²) in [6.07, 6.45) is 1.60. The maximum Gasteiger partial charge on any atom is 0.170 e. The van der Waals surface area contributed by atoms with Crippen molar-refractivity contribution in [2.24, 2.45) is 10.9 Å². The van der Waals surface area contributed by atoms with Gasteiger partial charge in [0.15, 0.2) is 5.84 Å². The lowest BCUT2D eigenvalue weighted by molar-refractivity contribution is 0.318. The topological polar surface area (TPSA) is 83.8 Å². The molecule has 0 aliphatic rings. The summed E-state index contributed by atoms with van der Waals surface area (Å²) in [5, 5.41) is 14.9. The van der Waals surface area contributed by atoms with Crippen LogP contribution in [0.2, 0.25) is 0 Å². The van der Waals surface area contributed by atoms with Gasteiger partial charge in [-0.25, -0.2) is 4.39 Å². The molecule has 1 aromatic carbocycles. The number of nitrogens with one attached hydrogen (secondary N) is 1. The molecular weight excluding hydrogens is 261 g/mol. The molecule has 6 heteroatoms. The van der Waals surface area contributed by atoms with Gasteiger partial charge in [0.25, 0.3) is 0 Å². The Morgan fingerprint density at radius 1 is 1.50 bits per heavy atom. The first kappa shape index (κ1) is 14.1. The van der Waals surface area contributed by atoms with E-state index >= 15 is 0 Å². The molecule has 0 saturated heterocycles. The minimum absolute atomic E-state index is 0.00445. The summed E-state index contributed by atoms with van der Waals surface area (Å²) in [5.41, 5.74) is 6.66. The molecule has 5 nitrogen and oxygen atoms in total. The zero-order valence-corrected chi connectivity index (χ0v) is 11.0. The fourth-order valence-electron chi connectivity index (χ4n) is 1.90. The van der Waals surface area contributed by atoms with Crippen molar-refractivity contribution in [1.29, 1.82) is 0 Å². The van der Waals surface area contributed by atoms with E-state index in [0.29, 0.717) is 12.1 Å². The Morgan fingerprint density at radius 2 is 2.30 bits per heavy atom. The fourth-order valence-corrected chi connectivity index (χ4v) is 1.90. The number of nitrogens with zero attached hydrogens (tertiary/aromatic N) is 1. The minimum atomic E-state index is -0.436. The molecule has 4 N–H and O–H groups in total. The Hall–Kier alpha value is -2.34. The third-order valence-corrected chi connectivity index (χ3v) is 3.02. The Kier molecular flexibility index (Phi) is 4.37. The summed E-state index contributed by atoms with van der Waals surface area (Å²) in [6.45, 7) is 2.39. The van der Waals surface area contributed by atoms with Crippen LogP contribution in [-0.2, 0) is 6.54 Å². The number of hydrogen-bond acceptors (Lipinski definition) is 4. The first-order chi connectivity index (χ1) is 9.61. The van der Waals surface area contributed by atoms with Crippen molar-refractivity contribution in [2.75, 3.05) is 0 Å². The standard InChI is InChI=1S/C14H16FN3O2/c1-9(13-3-2-6-20-13)17-8-10-4-5-11(15)7-12(10)14(16)18-19/h2-7,9,17,19H,8H2,1H3,(H2,16,18). The summed E-state index contributed by atoms with van der Waals surface area (Å²) in [6, 6.07) is 7.85. The van der Waals surface area contributed by atoms with Crippen LogP contribution in [0.3, 0.4) is 0 Å². The highest BCUT2D eigenvalue weighted by atomic mass is 19.1. The summed E-state index contributed by atoms with van der Waals surface area (Å²) in [5.74, 6) is 0.249. The predicted octanol–water partition coefficient (Wildman–Crippen LogP) is 2.36. The van der Waals surface area contributed by atoms with Crippen LogP contribution in [0.4, 0.5) is 4.39 Å². The van der Waals surface area contributed by atoms with Gasteiger partial charge in [-0.05, 0) is 36.8 Å². The van der Waals surface area contributed by atoms with E-state index in [1.54, 1.807) is 12.3 Å². The number of rotatable bonds is 5. The van der Waals surface area contributed by atoms with Crippen molar-refractivity contribution >= 4 is 5.84 Å². The fraction of sp³-hybridized carbons (Fsp3) is 0.214. The number of furan rings is 1. The lowest BCUT2D eigenvalue weighted by Gasteiger charge is -2.13. The molecule has 0 aliphatic carbocycles. The van der Waals surface area contributed by atoms with Crippen molar-refractivity contribution in [3.8, 4) is 0 Å². The highest BCUT2D eigenvalue weighted by molar-refractivity contribution is 5.98. The highest BCUT2D eigenvalue weighted by Crippen LogP contribution is 2.16. The number of amidine groups is 1. The molecule has 0 bridgehead atoms. The molecule has 1 atom stereocenters. The van der Waals surface area contributed by atoms with Gasteiger partial charge in [0.2, 0.25) is 0 Å². The van der Waals surface area contributed by atoms with Crippen LogP contribution in [0.15, 0.2) is 46.2 Å². The smallest absolute Gasteiger partial charge is 0.170 e. The predicted molar refractivity (Wildman–Crippen MR) is 72.9 cm³/mol. The third-order valence-electron chi connectivity index (χ3n) is 3.02. The molecule has 2 rings (SSSR count). The highest BCUT2D eigenvalue weighted by Gasteiger charge is 2.12. The molecule has 0 fully saturated rings. The molecule has 0 spiro atoms. The van der Waals surface area contributed by atoms with Crippen molar-refractivity contribution in [3.63, 3.8) is 0 Å². The van der Waals surface area contributed by atoms with Gasteiger partial charge in [-0.2, -0.15) is 0 Å². The minimum Gasteiger partial charge on any atom is -0.468 e. The van der Waals surface area contributed by atoms with Gasteiger partial charge in [-0.3, -0.25) is 0 Å². The van der Waals surface area contributed by atoms with Gasteiger partial charge in [0.05, 0.1) is 12.3 Å². The summed E-state index contributed by atoms with van der Waals surface area (Å²) in [4.78, 5) is 0. The Balaban J connectivity index is 2.13. The zero-order valence-electron chi connectivity index (χ0n) is 11.0. The quantitative estimate of drug-likeness (QED) is 0.339. The Labute approximate surface area is 115 Å². The van der Waals surface area contributed by atoms with Gasteiger partial charge in [0.1, 0.15) is 11.6 Å². The van der Waals surface area contributed by atoms with Gasteiger partial charge in [-0.1, -0.05) is 11.2 Å². The second kappa shape index (κ2) is 6.21. The number of halogens is 1. The van der Waals surface area contributed by atoms with Gasteiger partial charge < -0.3 is 20.7 Å². The molecule has 1 unspecified atom stereocenters. The van der Waals surface area contributed by atoms with E-state index in [1.165, 1.54) is 12.1 Å².